The van der Waals surface area contributed by atoms with E-state index in [1.807, 2.05) is 24.3 Å². The molecule has 0 unspecified atom stereocenters. The first-order valence-corrected chi connectivity index (χ1v) is 8.38. The highest BCUT2D eigenvalue weighted by Gasteiger charge is 2.15. The lowest BCUT2D eigenvalue weighted by atomic mass is 10.0. The number of hydrogen-bond acceptors (Lipinski definition) is 7. The molecule has 3 rings (SSSR count). The van der Waals surface area contributed by atoms with Gasteiger partial charge in [-0.2, -0.15) is 10.1 Å². The molecule has 0 aliphatic heterocycles. The molecule has 0 spiro atoms. The van der Waals surface area contributed by atoms with E-state index >= 15 is 0 Å². The third-order valence-corrected chi connectivity index (χ3v) is 4.27. The summed E-state index contributed by atoms with van der Waals surface area (Å²) in [5, 5.41) is 18.2. The Morgan fingerprint density at radius 2 is 2.04 bits per heavy atom. The van der Waals surface area contributed by atoms with Crippen molar-refractivity contribution in [3.05, 3.63) is 69.2 Å². The van der Waals surface area contributed by atoms with Gasteiger partial charge in [-0.15, -0.1) is 0 Å². The van der Waals surface area contributed by atoms with E-state index in [4.69, 9.17) is 10.3 Å². The molecule has 0 radical (unpaired) electrons. The third-order valence-electron chi connectivity index (χ3n) is 4.27. The van der Waals surface area contributed by atoms with E-state index in [1.165, 1.54) is 16.4 Å². The summed E-state index contributed by atoms with van der Waals surface area (Å²) in [6, 6.07) is 7.76. The van der Waals surface area contributed by atoms with Crippen molar-refractivity contribution in [1.29, 1.82) is 0 Å². The first-order valence-electron chi connectivity index (χ1n) is 8.38. The highest BCUT2D eigenvalue weighted by atomic mass is 16.5. The number of aliphatic hydroxyl groups excluding tert-OH is 1. The molecule has 1 aromatic carbocycles. The maximum absolute atomic E-state index is 12.1. The minimum absolute atomic E-state index is 0.0498. The Hall–Kier alpha value is -3.00. The van der Waals surface area contributed by atoms with Gasteiger partial charge in [0.1, 0.15) is 6.54 Å². The van der Waals surface area contributed by atoms with Crippen LogP contribution >= 0.6 is 0 Å². The average molecular weight is 355 g/mol. The van der Waals surface area contributed by atoms with E-state index in [1.54, 1.807) is 6.92 Å². The Labute approximate surface area is 150 Å². The second-order valence-corrected chi connectivity index (χ2v) is 6.11. The Bertz CT molecular complexity index is 946. The molecular weight excluding hydrogens is 334 g/mol. The fourth-order valence-electron chi connectivity index (χ4n) is 2.54. The van der Waals surface area contributed by atoms with Gasteiger partial charge in [0.05, 0.1) is 18.0 Å². The van der Waals surface area contributed by atoms with Crippen LogP contribution in [0.3, 0.4) is 0 Å². The zero-order chi connectivity index (χ0) is 18.7. The topological polar surface area (TPSA) is 120 Å². The number of nitrogens with zero attached hydrogens (tertiary/aromatic N) is 4. The second-order valence-electron chi connectivity index (χ2n) is 6.11. The highest BCUT2D eigenvalue weighted by molar-refractivity contribution is 5.41. The lowest BCUT2D eigenvalue weighted by Gasteiger charge is -2.09. The molecule has 0 saturated heterocycles. The van der Waals surface area contributed by atoms with Crippen LogP contribution in [0.2, 0.25) is 0 Å². The van der Waals surface area contributed by atoms with Gasteiger partial charge in [-0.3, -0.25) is 4.79 Å². The third kappa shape index (κ3) is 3.80. The van der Waals surface area contributed by atoms with Crippen LogP contribution in [-0.4, -0.2) is 25.0 Å². The number of rotatable bonds is 6. The van der Waals surface area contributed by atoms with Gasteiger partial charge < -0.3 is 15.4 Å². The van der Waals surface area contributed by atoms with Crippen LogP contribution < -0.4 is 11.3 Å². The van der Waals surface area contributed by atoms with Gasteiger partial charge in [0.15, 0.2) is 5.82 Å². The molecule has 0 fully saturated rings. The van der Waals surface area contributed by atoms with Crippen molar-refractivity contribution in [1.82, 2.24) is 19.9 Å². The number of aromatic nitrogens is 4. The van der Waals surface area contributed by atoms with Crippen molar-refractivity contribution in [2.75, 3.05) is 5.73 Å². The van der Waals surface area contributed by atoms with Crippen LogP contribution in [0, 0.1) is 6.92 Å². The molecule has 0 bridgehead atoms. The fourth-order valence-corrected chi connectivity index (χ4v) is 2.54. The minimum atomic E-state index is -0.731. The first kappa shape index (κ1) is 17.8. The van der Waals surface area contributed by atoms with Crippen LogP contribution in [0.15, 0.2) is 39.8 Å². The number of nitrogen functional groups attached to an aromatic ring is 1. The summed E-state index contributed by atoms with van der Waals surface area (Å²) in [7, 11) is 0. The molecule has 8 heteroatoms. The van der Waals surface area contributed by atoms with Crippen molar-refractivity contribution in [3.8, 4) is 0 Å². The summed E-state index contributed by atoms with van der Waals surface area (Å²) in [4.78, 5) is 16.3. The molecule has 1 atom stereocenters. The molecule has 8 nitrogen and oxygen atoms in total. The van der Waals surface area contributed by atoms with Gasteiger partial charge in [0.25, 0.3) is 5.56 Å². The lowest BCUT2D eigenvalue weighted by Crippen LogP contribution is -2.26. The number of hydrogen-bond donors (Lipinski definition) is 2. The quantitative estimate of drug-likeness (QED) is 0.686. The van der Waals surface area contributed by atoms with E-state index in [0.717, 1.165) is 12.0 Å². The Morgan fingerprint density at radius 1 is 1.31 bits per heavy atom. The molecule has 0 saturated carbocycles. The van der Waals surface area contributed by atoms with Crippen molar-refractivity contribution in [2.24, 2.45) is 0 Å². The average Bonchev–Trinajstić information content (AvgIpc) is 3.09. The maximum Gasteiger partial charge on any atom is 0.272 e. The van der Waals surface area contributed by atoms with Crippen LogP contribution in [0.5, 0.6) is 0 Å². The zero-order valence-electron chi connectivity index (χ0n) is 14.7. The van der Waals surface area contributed by atoms with Gasteiger partial charge in [-0.1, -0.05) is 36.3 Å². The Morgan fingerprint density at radius 3 is 2.73 bits per heavy atom. The van der Waals surface area contributed by atoms with E-state index in [-0.39, 0.29) is 24.4 Å². The van der Waals surface area contributed by atoms with Crippen LogP contribution in [0.25, 0.3) is 0 Å². The number of aliphatic hydroxyl groups is 1. The molecule has 0 aliphatic rings. The van der Waals surface area contributed by atoms with Crippen molar-refractivity contribution < 1.29 is 9.63 Å². The molecule has 2 heterocycles. The summed E-state index contributed by atoms with van der Waals surface area (Å²) in [6.45, 7) is 3.76. The summed E-state index contributed by atoms with van der Waals surface area (Å²) >= 11 is 0. The summed E-state index contributed by atoms with van der Waals surface area (Å²) in [6.07, 6.45) is 1.85. The number of nitrogens with two attached hydrogens (primary N) is 1. The van der Waals surface area contributed by atoms with Gasteiger partial charge in [0.2, 0.25) is 5.89 Å². The molecule has 0 amide bonds. The largest absolute Gasteiger partial charge is 0.397 e. The number of anilines is 1. The Kier molecular flexibility index (Phi) is 5.13. The number of benzene rings is 1. The summed E-state index contributed by atoms with van der Waals surface area (Å²) < 4.78 is 6.37. The van der Waals surface area contributed by atoms with Gasteiger partial charge in [-0.25, -0.2) is 4.68 Å². The molecule has 3 aromatic rings. The van der Waals surface area contributed by atoms with E-state index in [2.05, 4.69) is 22.2 Å². The lowest BCUT2D eigenvalue weighted by molar-refractivity contribution is 0.174. The maximum atomic E-state index is 12.1. The summed E-state index contributed by atoms with van der Waals surface area (Å²) in [5.74, 6) is 0.611. The normalized spacial score (nSPS) is 12.3. The van der Waals surface area contributed by atoms with E-state index < -0.39 is 6.10 Å². The smallest absolute Gasteiger partial charge is 0.272 e. The molecule has 0 aliphatic carbocycles. The highest BCUT2D eigenvalue weighted by Crippen LogP contribution is 2.18. The van der Waals surface area contributed by atoms with Crippen LogP contribution in [0.1, 0.15) is 41.4 Å². The SMILES string of the molecule is CCc1ccc([C@@H](O)Cc2noc(Cn3ncc(N)c(C)c3=O)n2)cc1. The fraction of sp³-hybridized carbons (Fsp3) is 0.333. The van der Waals surface area contributed by atoms with Crippen LogP contribution in [-0.2, 0) is 19.4 Å². The number of aryl methyl sites for hydroxylation is 1. The minimum Gasteiger partial charge on any atom is -0.397 e. The molecular formula is C18H21N5O3. The molecule has 3 N–H and O–H groups in total. The van der Waals surface area contributed by atoms with Crippen LogP contribution in [0.4, 0.5) is 5.69 Å². The summed E-state index contributed by atoms with van der Waals surface area (Å²) in [5.41, 5.74) is 8.12. The molecule has 136 valence electrons. The predicted octanol–water partition coefficient (Wildman–Crippen LogP) is 1.40. The van der Waals surface area contributed by atoms with Crippen molar-refractivity contribution >= 4 is 5.69 Å². The standard InChI is InChI=1S/C18H21N5O3/c1-3-12-4-6-13(7-5-12)15(24)8-16-21-17(26-22-16)10-23-18(25)11(2)14(19)9-20-23/h4-7,9,15,24H,3,8,10,19H2,1-2H3/t15-/m0/s1. The Balaban J connectivity index is 1.69. The zero-order valence-corrected chi connectivity index (χ0v) is 14.7. The molecule has 26 heavy (non-hydrogen) atoms. The van der Waals surface area contributed by atoms with Gasteiger partial charge in [-0.05, 0) is 24.5 Å². The molecule has 2 aromatic heterocycles. The van der Waals surface area contributed by atoms with Crippen molar-refractivity contribution in [3.63, 3.8) is 0 Å². The van der Waals surface area contributed by atoms with Gasteiger partial charge >= 0.3 is 0 Å². The van der Waals surface area contributed by atoms with Crippen molar-refractivity contribution in [2.45, 2.75) is 39.3 Å². The van der Waals surface area contributed by atoms with E-state index in [9.17, 15) is 9.90 Å². The second kappa shape index (κ2) is 7.49. The van der Waals surface area contributed by atoms with Gasteiger partial charge in [0, 0.05) is 12.0 Å². The van der Waals surface area contributed by atoms with E-state index in [0.29, 0.717) is 17.1 Å². The monoisotopic (exact) mass is 355 g/mol. The predicted molar refractivity (Wildman–Crippen MR) is 95.5 cm³/mol. The first-order chi connectivity index (χ1) is 12.5.